The van der Waals surface area contributed by atoms with Gasteiger partial charge in [-0.15, -0.1) is 0 Å². The third-order valence-corrected chi connectivity index (χ3v) is 3.89. The van der Waals surface area contributed by atoms with E-state index < -0.39 is 0 Å². The molecule has 0 saturated heterocycles. The zero-order valence-electron chi connectivity index (χ0n) is 9.61. The van der Waals surface area contributed by atoms with E-state index in [2.05, 4.69) is 15.9 Å². The average molecular weight is 328 g/mol. The topological polar surface area (TPSA) is 35.2 Å². The fourth-order valence-electron chi connectivity index (χ4n) is 1.43. The van der Waals surface area contributed by atoms with Crippen LogP contribution in [0.15, 0.2) is 50.7 Å². The van der Waals surface area contributed by atoms with Crippen molar-refractivity contribution in [2.45, 2.75) is 9.79 Å². The molecule has 0 atom stereocenters. The number of rotatable bonds is 3. The van der Waals surface area contributed by atoms with Crippen molar-refractivity contribution in [2.24, 2.45) is 0 Å². The lowest BCUT2D eigenvalue weighted by Gasteiger charge is -2.08. The summed E-state index contributed by atoms with van der Waals surface area (Å²) in [4.78, 5) is 1.44. The van der Waals surface area contributed by atoms with Crippen molar-refractivity contribution in [2.75, 3.05) is 12.8 Å². The Morgan fingerprint density at radius 3 is 2.50 bits per heavy atom. The predicted molar refractivity (Wildman–Crippen MR) is 75.6 cm³/mol. The SMILES string of the molecule is COc1cc(Sc2ccc(Br)cc2)c(F)cc1N. The van der Waals surface area contributed by atoms with Gasteiger partial charge in [-0.25, -0.2) is 4.39 Å². The summed E-state index contributed by atoms with van der Waals surface area (Å²) >= 11 is 4.69. The van der Waals surface area contributed by atoms with Gasteiger partial charge in [0.05, 0.1) is 17.7 Å². The van der Waals surface area contributed by atoms with Crippen molar-refractivity contribution in [1.82, 2.24) is 0 Å². The molecule has 2 aromatic rings. The highest BCUT2D eigenvalue weighted by Gasteiger charge is 2.09. The quantitative estimate of drug-likeness (QED) is 0.852. The predicted octanol–water partition coefficient (Wildman–Crippen LogP) is 4.33. The van der Waals surface area contributed by atoms with E-state index >= 15 is 0 Å². The Morgan fingerprint density at radius 2 is 1.89 bits per heavy atom. The molecule has 2 nitrogen and oxygen atoms in total. The fraction of sp³-hybridized carbons (Fsp3) is 0.0769. The summed E-state index contributed by atoms with van der Waals surface area (Å²) in [6, 6.07) is 10.5. The minimum atomic E-state index is -0.346. The van der Waals surface area contributed by atoms with Crippen molar-refractivity contribution in [3.8, 4) is 5.75 Å². The molecule has 0 aliphatic rings. The van der Waals surface area contributed by atoms with Gasteiger partial charge in [-0.3, -0.25) is 0 Å². The van der Waals surface area contributed by atoms with Crippen LogP contribution in [0.5, 0.6) is 5.75 Å². The molecule has 2 N–H and O–H groups in total. The molecular weight excluding hydrogens is 317 g/mol. The maximum Gasteiger partial charge on any atom is 0.143 e. The Bertz CT molecular complexity index is 560. The van der Waals surface area contributed by atoms with Crippen LogP contribution in [0.2, 0.25) is 0 Å². The van der Waals surface area contributed by atoms with Crippen LogP contribution in [0.1, 0.15) is 0 Å². The molecule has 0 aromatic heterocycles. The summed E-state index contributed by atoms with van der Waals surface area (Å²) in [5.41, 5.74) is 5.93. The number of hydrogen-bond donors (Lipinski definition) is 1. The van der Waals surface area contributed by atoms with E-state index in [0.29, 0.717) is 16.3 Å². The van der Waals surface area contributed by atoms with Crippen molar-refractivity contribution in [1.29, 1.82) is 0 Å². The van der Waals surface area contributed by atoms with Crippen molar-refractivity contribution < 1.29 is 9.13 Å². The first kappa shape index (κ1) is 13.2. The highest BCUT2D eigenvalue weighted by molar-refractivity contribution is 9.10. The van der Waals surface area contributed by atoms with Crippen LogP contribution < -0.4 is 10.5 Å². The van der Waals surface area contributed by atoms with E-state index in [-0.39, 0.29) is 5.82 Å². The van der Waals surface area contributed by atoms with Crippen molar-refractivity contribution >= 4 is 33.4 Å². The van der Waals surface area contributed by atoms with E-state index in [1.165, 1.54) is 24.9 Å². The lowest BCUT2D eigenvalue weighted by Crippen LogP contribution is -1.94. The van der Waals surface area contributed by atoms with Gasteiger partial charge in [0.25, 0.3) is 0 Å². The highest BCUT2D eigenvalue weighted by atomic mass is 79.9. The lowest BCUT2D eigenvalue weighted by molar-refractivity contribution is 0.414. The average Bonchev–Trinajstić information content (AvgIpc) is 2.35. The summed E-state index contributed by atoms with van der Waals surface area (Å²) in [6.07, 6.45) is 0. The lowest BCUT2D eigenvalue weighted by atomic mass is 10.3. The zero-order valence-corrected chi connectivity index (χ0v) is 12.0. The molecule has 2 rings (SSSR count). The fourth-order valence-corrected chi connectivity index (χ4v) is 2.55. The molecule has 0 heterocycles. The third kappa shape index (κ3) is 2.97. The molecule has 0 unspecified atom stereocenters. The number of nitrogens with two attached hydrogens (primary N) is 1. The summed E-state index contributed by atoms with van der Waals surface area (Å²) in [6.45, 7) is 0. The van der Waals surface area contributed by atoms with Gasteiger partial charge in [0, 0.05) is 15.4 Å². The number of nitrogen functional groups attached to an aromatic ring is 1. The number of ether oxygens (including phenoxy) is 1. The normalized spacial score (nSPS) is 10.4. The number of methoxy groups -OCH3 is 1. The maximum absolute atomic E-state index is 13.8. The van der Waals surface area contributed by atoms with Crippen LogP contribution in [-0.2, 0) is 0 Å². The molecule has 0 bridgehead atoms. The van der Waals surface area contributed by atoms with Gasteiger partial charge in [0.1, 0.15) is 11.6 Å². The summed E-state index contributed by atoms with van der Waals surface area (Å²) in [5.74, 6) is 0.136. The summed E-state index contributed by atoms with van der Waals surface area (Å²) < 4.78 is 19.8. The Morgan fingerprint density at radius 1 is 1.22 bits per heavy atom. The molecule has 0 spiro atoms. The second-order valence-electron chi connectivity index (χ2n) is 3.58. The number of benzene rings is 2. The summed E-state index contributed by atoms with van der Waals surface area (Å²) in [7, 11) is 1.51. The molecule has 5 heteroatoms. The van der Waals surface area contributed by atoms with Crippen LogP contribution in [0.25, 0.3) is 0 Å². The standard InChI is InChI=1S/C13H11BrFNOS/c1-17-12-7-13(10(15)6-11(12)16)18-9-4-2-8(14)3-5-9/h2-7H,16H2,1H3. The molecule has 0 saturated carbocycles. The van der Waals surface area contributed by atoms with Crippen LogP contribution in [-0.4, -0.2) is 7.11 Å². The van der Waals surface area contributed by atoms with Gasteiger partial charge in [0.15, 0.2) is 0 Å². The van der Waals surface area contributed by atoms with Gasteiger partial charge >= 0.3 is 0 Å². The molecule has 0 amide bonds. The van der Waals surface area contributed by atoms with Gasteiger partial charge in [-0.1, -0.05) is 27.7 Å². The van der Waals surface area contributed by atoms with E-state index in [1.807, 2.05) is 24.3 Å². The monoisotopic (exact) mass is 327 g/mol. The third-order valence-electron chi connectivity index (χ3n) is 2.33. The minimum absolute atomic E-state index is 0.301. The van der Waals surface area contributed by atoms with Crippen LogP contribution in [0.4, 0.5) is 10.1 Å². The van der Waals surface area contributed by atoms with Gasteiger partial charge in [-0.05, 0) is 30.3 Å². The minimum Gasteiger partial charge on any atom is -0.495 e. The number of halogens is 2. The van der Waals surface area contributed by atoms with Crippen molar-refractivity contribution in [3.63, 3.8) is 0 Å². The molecule has 0 radical (unpaired) electrons. The molecule has 0 aliphatic carbocycles. The molecular formula is C13H11BrFNOS. The largest absolute Gasteiger partial charge is 0.495 e. The first-order valence-electron chi connectivity index (χ1n) is 5.16. The van der Waals surface area contributed by atoms with Crippen LogP contribution >= 0.6 is 27.7 Å². The molecule has 18 heavy (non-hydrogen) atoms. The Balaban J connectivity index is 2.31. The second kappa shape index (κ2) is 5.63. The summed E-state index contributed by atoms with van der Waals surface area (Å²) in [5, 5.41) is 0. The smallest absolute Gasteiger partial charge is 0.143 e. The molecule has 0 aliphatic heterocycles. The molecule has 2 aromatic carbocycles. The van der Waals surface area contributed by atoms with Gasteiger partial charge in [-0.2, -0.15) is 0 Å². The number of anilines is 1. The van der Waals surface area contributed by atoms with E-state index in [9.17, 15) is 4.39 Å². The number of hydrogen-bond acceptors (Lipinski definition) is 3. The Labute approximate surface area is 117 Å². The van der Waals surface area contributed by atoms with Gasteiger partial charge < -0.3 is 10.5 Å². The molecule has 0 fully saturated rings. The van der Waals surface area contributed by atoms with E-state index in [4.69, 9.17) is 10.5 Å². The zero-order chi connectivity index (χ0) is 13.1. The maximum atomic E-state index is 13.8. The van der Waals surface area contributed by atoms with Crippen molar-refractivity contribution in [3.05, 3.63) is 46.7 Å². The Hall–Kier alpha value is -1.20. The second-order valence-corrected chi connectivity index (χ2v) is 5.61. The first-order chi connectivity index (χ1) is 8.60. The highest BCUT2D eigenvalue weighted by Crippen LogP contribution is 2.35. The molecule has 94 valence electrons. The van der Waals surface area contributed by atoms with Crippen LogP contribution in [0.3, 0.4) is 0 Å². The van der Waals surface area contributed by atoms with Crippen LogP contribution in [0, 0.1) is 5.82 Å². The Kier molecular flexibility index (Phi) is 4.14. The van der Waals surface area contributed by atoms with Gasteiger partial charge in [0.2, 0.25) is 0 Å². The van der Waals surface area contributed by atoms with E-state index in [0.717, 1.165) is 9.37 Å². The first-order valence-corrected chi connectivity index (χ1v) is 6.77. The van der Waals surface area contributed by atoms with E-state index in [1.54, 1.807) is 6.07 Å².